The lowest BCUT2D eigenvalue weighted by molar-refractivity contribution is 0.209. The fourth-order valence-corrected chi connectivity index (χ4v) is 3.10. The van der Waals surface area contributed by atoms with E-state index in [0.29, 0.717) is 6.04 Å². The Kier molecular flexibility index (Phi) is 4.29. The minimum atomic E-state index is 0.421. The van der Waals surface area contributed by atoms with E-state index < -0.39 is 0 Å². The standard InChI is InChI=1S/C17H22N8/c1-24-6-5-18-9-13(24)10-21-17-16-15(19-3-4-20-16)7-14(23-17)12-8-22-25(2)11-12/h3-4,7-8,11,13,18H,5-6,9-10H2,1-2H3,(H,21,23). The van der Waals surface area contributed by atoms with Crippen LogP contribution in [0.1, 0.15) is 0 Å². The molecule has 3 aromatic rings. The fraction of sp³-hybridized carbons (Fsp3) is 0.412. The van der Waals surface area contributed by atoms with Crippen molar-refractivity contribution in [2.75, 3.05) is 38.5 Å². The third-order valence-corrected chi connectivity index (χ3v) is 4.61. The molecule has 1 atom stereocenters. The minimum absolute atomic E-state index is 0.421. The number of rotatable bonds is 4. The van der Waals surface area contributed by atoms with Crippen molar-refractivity contribution in [3.63, 3.8) is 0 Å². The summed E-state index contributed by atoms with van der Waals surface area (Å²) >= 11 is 0. The number of nitrogens with zero attached hydrogens (tertiary/aromatic N) is 6. The zero-order valence-corrected chi connectivity index (χ0v) is 14.5. The van der Waals surface area contributed by atoms with E-state index in [1.54, 1.807) is 17.1 Å². The van der Waals surface area contributed by atoms with Crippen LogP contribution in [0.5, 0.6) is 0 Å². The summed E-state index contributed by atoms with van der Waals surface area (Å²) in [5.41, 5.74) is 3.43. The number of piperazine rings is 1. The number of fused-ring (bicyclic) bond motifs is 1. The molecule has 1 unspecified atom stereocenters. The van der Waals surface area contributed by atoms with Crippen molar-refractivity contribution in [2.24, 2.45) is 7.05 Å². The molecular formula is C17H22N8. The molecule has 1 aliphatic rings. The van der Waals surface area contributed by atoms with Gasteiger partial charge in [-0.05, 0) is 13.1 Å². The van der Waals surface area contributed by atoms with Crippen molar-refractivity contribution in [1.29, 1.82) is 0 Å². The maximum atomic E-state index is 4.79. The maximum absolute atomic E-state index is 4.79. The number of anilines is 1. The molecule has 0 amide bonds. The summed E-state index contributed by atoms with van der Waals surface area (Å²) in [5, 5.41) is 11.2. The molecule has 4 rings (SSSR count). The van der Waals surface area contributed by atoms with Gasteiger partial charge in [0.1, 0.15) is 5.52 Å². The maximum Gasteiger partial charge on any atom is 0.154 e. The first-order valence-corrected chi connectivity index (χ1v) is 8.46. The van der Waals surface area contributed by atoms with E-state index in [2.05, 4.69) is 37.6 Å². The van der Waals surface area contributed by atoms with Gasteiger partial charge in [-0.1, -0.05) is 0 Å². The number of nitrogens with one attached hydrogen (secondary N) is 2. The first-order valence-electron chi connectivity index (χ1n) is 8.46. The predicted molar refractivity (Wildman–Crippen MR) is 97.3 cm³/mol. The van der Waals surface area contributed by atoms with Gasteiger partial charge in [0.05, 0.1) is 17.4 Å². The lowest BCUT2D eigenvalue weighted by Crippen LogP contribution is -2.52. The van der Waals surface area contributed by atoms with Crippen LogP contribution in [0.15, 0.2) is 30.9 Å². The lowest BCUT2D eigenvalue weighted by Gasteiger charge is -2.33. The summed E-state index contributed by atoms with van der Waals surface area (Å²) in [6.07, 6.45) is 7.17. The number of likely N-dealkylation sites (N-methyl/N-ethyl adjacent to an activating group) is 1. The molecule has 1 aliphatic heterocycles. The molecule has 4 heterocycles. The Morgan fingerprint density at radius 1 is 1.28 bits per heavy atom. The second kappa shape index (κ2) is 6.73. The third kappa shape index (κ3) is 3.31. The van der Waals surface area contributed by atoms with Crippen LogP contribution in [-0.4, -0.2) is 68.9 Å². The highest BCUT2D eigenvalue weighted by Gasteiger charge is 2.19. The number of hydrogen-bond donors (Lipinski definition) is 2. The van der Waals surface area contributed by atoms with Gasteiger partial charge in [-0.15, -0.1) is 0 Å². The molecular weight excluding hydrogens is 316 g/mol. The molecule has 8 nitrogen and oxygen atoms in total. The van der Waals surface area contributed by atoms with Crippen LogP contribution >= 0.6 is 0 Å². The smallest absolute Gasteiger partial charge is 0.154 e. The molecule has 0 bridgehead atoms. The predicted octanol–water partition coefficient (Wildman–Crippen LogP) is 0.741. The molecule has 0 spiro atoms. The normalized spacial score (nSPS) is 18.6. The van der Waals surface area contributed by atoms with Crippen molar-refractivity contribution >= 4 is 16.9 Å². The molecule has 0 aliphatic carbocycles. The van der Waals surface area contributed by atoms with Crippen LogP contribution in [-0.2, 0) is 7.05 Å². The average Bonchev–Trinajstić information content (AvgIpc) is 3.07. The van der Waals surface area contributed by atoms with E-state index in [1.165, 1.54) is 0 Å². The molecule has 1 saturated heterocycles. The monoisotopic (exact) mass is 338 g/mol. The Morgan fingerprint density at radius 2 is 2.16 bits per heavy atom. The van der Waals surface area contributed by atoms with Gasteiger partial charge in [-0.2, -0.15) is 5.10 Å². The van der Waals surface area contributed by atoms with Gasteiger partial charge in [0.2, 0.25) is 0 Å². The molecule has 0 aromatic carbocycles. The Morgan fingerprint density at radius 3 is 2.96 bits per heavy atom. The lowest BCUT2D eigenvalue weighted by atomic mass is 10.2. The van der Waals surface area contributed by atoms with E-state index in [-0.39, 0.29) is 0 Å². The molecule has 130 valence electrons. The van der Waals surface area contributed by atoms with Crippen LogP contribution in [0.25, 0.3) is 22.3 Å². The van der Waals surface area contributed by atoms with Gasteiger partial charge in [-0.3, -0.25) is 14.6 Å². The number of aromatic nitrogens is 5. The van der Waals surface area contributed by atoms with Gasteiger partial charge in [0, 0.05) is 63.4 Å². The van der Waals surface area contributed by atoms with Gasteiger partial charge in [-0.25, -0.2) is 9.97 Å². The minimum Gasteiger partial charge on any atom is -0.367 e. The Labute approximate surface area is 146 Å². The van der Waals surface area contributed by atoms with Crippen molar-refractivity contribution in [3.05, 3.63) is 30.9 Å². The first kappa shape index (κ1) is 15.9. The van der Waals surface area contributed by atoms with Crippen LogP contribution in [0.2, 0.25) is 0 Å². The van der Waals surface area contributed by atoms with E-state index in [4.69, 9.17) is 4.98 Å². The third-order valence-electron chi connectivity index (χ3n) is 4.61. The van der Waals surface area contributed by atoms with E-state index >= 15 is 0 Å². The zero-order chi connectivity index (χ0) is 17.2. The highest BCUT2D eigenvalue weighted by molar-refractivity contribution is 5.88. The quantitative estimate of drug-likeness (QED) is 0.726. The summed E-state index contributed by atoms with van der Waals surface area (Å²) < 4.78 is 1.77. The van der Waals surface area contributed by atoms with Crippen molar-refractivity contribution in [3.8, 4) is 11.3 Å². The van der Waals surface area contributed by atoms with E-state index in [0.717, 1.165) is 54.3 Å². The molecule has 1 fully saturated rings. The fourth-order valence-electron chi connectivity index (χ4n) is 3.10. The van der Waals surface area contributed by atoms with Crippen LogP contribution in [0, 0.1) is 0 Å². The SMILES string of the molecule is CN1CCNCC1CNc1nc(-c2cnn(C)c2)cc2nccnc12. The topological polar surface area (TPSA) is 83.8 Å². The largest absolute Gasteiger partial charge is 0.367 e. The van der Waals surface area contributed by atoms with Crippen LogP contribution in [0.3, 0.4) is 0 Å². The van der Waals surface area contributed by atoms with Gasteiger partial charge in [0.25, 0.3) is 0 Å². The van der Waals surface area contributed by atoms with Crippen molar-refractivity contribution in [1.82, 2.24) is 34.9 Å². The summed E-state index contributed by atoms with van der Waals surface area (Å²) in [4.78, 5) is 16.1. The van der Waals surface area contributed by atoms with Gasteiger partial charge in [0.15, 0.2) is 5.82 Å². The number of pyridine rings is 1. The summed E-state index contributed by atoms with van der Waals surface area (Å²) in [5.74, 6) is 0.767. The second-order valence-corrected chi connectivity index (χ2v) is 6.40. The molecule has 8 heteroatoms. The number of aryl methyl sites for hydroxylation is 1. The molecule has 25 heavy (non-hydrogen) atoms. The van der Waals surface area contributed by atoms with E-state index in [9.17, 15) is 0 Å². The zero-order valence-electron chi connectivity index (χ0n) is 14.5. The Balaban J connectivity index is 1.66. The van der Waals surface area contributed by atoms with Gasteiger partial charge < -0.3 is 10.6 Å². The summed E-state index contributed by atoms with van der Waals surface area (Å²) in [7, 11) is 4.06. The Bertz CT molecular complexity index is 874. The first-order chi connectivity index (χ1) is 12.2. The van der Waals surface area contributed by atoms with Crippen LogP contribution in [0.4, 0.5) is 5.82 Å². The highest BCUT2D eigenvalue weighted by Crippen LogP contribution is 2.25. The van der Waals surface area contributed by atoms with Crippen LogP contribution < -0.4 is 10.6 Å². The molecule has 2 N–H and O–H groups in total. The van der Waals surface area contributed by atoms with Crippen molar-refractivity contribution in [2.45, 2.75) is 6.04 Å². The van der Waals surface area contributed by atoms with Crippen molar-refractivity contribution < 1.29 is 0 Å². The van der Waals surface area contributed by atoms with Gasteiger partial charge >= 0.3 is 0 Å². The number of hydrogen-bond acceptors (Lipinski definition) is 7. The summed E-state index contributed by atoms with van der Waals surface area (Å²) in [6.45, 7) is 3.86. The second-order valence-electron chi connectivity index (χ2n) is 6.40. The highest BCUT2D eigenvalue weighted by atomic mass is 15.2. The molecule has 0 radical (unpaired) electrons. The molecule has 3 aromatic heterocycles. The van der Waals surface area contributed by atoms with E-state index in [1.807, 2.05) is 25.5 Å². The average molecular weight is 338 g/mol. The molecule has 0 saturated carbocycles. The summed E-state index contributed by atoms with van der Waals surface area (Å²) in [6, 6.07) is 2.38. The Hall–Kier alpha value is -2.58.